The van der Waals surface area contributed by atoms with Crippen LogP contribution in [0.25, 0.3) is 11.4 Å². The number of hydrogen-bond acceptors (Lipinski definition) is 5. The van der Waals surface area contributed by atoms with E-state index in [1.807, 2.05) is 0 Å². The lowest BCUT2D eigenvalue weighted by atomic mass is 10.0. The average molecular weight is 391 g/mol. The third-order valence-corrected chi connectivity index (χ3v) is 4.57. The van der Waals surface area contributed by atoms with Crippen molar-refractivity contribution in [2.24, 2.45) is 0 Å². The van der Waals surface area contributed by atoms with Crippen LogP contribution in [0.15, 0.2) is 29.6 Å². The van der Waals surface area contributed by atoms with Gasteiger partial charge < -0.3 is 4.98 Å². The first-order valence-electron chi connectivity index (χ1n) is 8.35. The highest BCUT2D eigenvalue weighted by Crippen LogP contribution is 2.24. The van der Waals surface area contributed by atoms with Crippen molar-refractivity contribution in [3.8, 4) is 11.4 Å². The number of benzene rings is 1. The van der Waals surface area contributed by atoms with Crippen molar-refractivity contribution in [2.45, 2.75) is 19.5 Å². The maximum absolute atomic E-state index is 14.0. The molecule has 1 aromatic carbocycles. The van der Waals surface area contributed by atoms with Crippen LogP contribution in [-0.4, -0.2) is 31.4 Å². The number of aromatic amines is 1. The van der Waals surface area contributed by atoms with Gasteiger partial charge in [0.15, 0.2) is 23.3 Å². The molecule has 0 saturated heterocycles. The topological polar surface area (TPSA) is 74.8 Å². The SMILES string of the molecule is O=c1[nH]c(-c2cncnc2)nc2c1CCN(Cc1c(F)c(F)cc(F)c1F)C2. The van der Waals surface area contributed by atoms with Gasteiger partial charge in [0.25, 0.3) is 5.56 Å². The van der Waals surface area contributed by atoms with E-state index in [2.05, 4.69) is 19.9 Å². The lowest BCUT2D eigenvalue weighted by Gasteiger charge is -2.28. The fourth-order valence-electron chi connectivity index (χ4n) is 3.17. The molecule has 10 heteroatoms. The zero-order chi connectivity index (χ0) is 19.8. The lowest BCUT2D eigenvalue weighted by Crippen LogP contribution is -2.35. The summed E-state index contributed by atoms with van der Waals surface area (Å²) in [6.07, 6.45) is 4.59. The van der Waals surface area contributed by atoms with Gasteiger partial charge in [-0.25, -0.2) is 32.5 Å². The second-order valence-corrected chi connectivity index (χ2v) is 6.37. The van der Waals surface area contributed by atoms with Crippen LogP contribution >= 0.6 is 0 Å². The van der Waals surface area contributed by atoms with E-state index in [1.54, 1.807) is 4.90 Å². The van der Waals surface area contributed by atoms with Gasteiger partial charge >= 0.3 is 0 Å². The summed E-state index contributed by atoms with van der Waals surface area (Å²) in [6, 6.07) is 0.176. The number of halogens is 4. The maximum atomic E-state index is 14.0. The first kappa shape index (κ1) is 18.2. The van der Waals surface area contributed by atoms with E-state index in [4.69, 9.17) is 0 Å². The largest absolute Gasteiger partial charge is 0.306 e. The number of aromatic nitrogens is 4. The zero-order valence-corrected chi connectivity index (χ0v) is 14.3. The summed E-state index contributed by atoms with van der Waals surface area (Å²) in [5.41, 5.74) is 0.374. The van der Waals surface area contributed by atoms with Gasteiger partial charge in [-0.15, -0.1) is 0 Å². The number of hydrogen-bond donors (Lipinski definition) is 1. The van der Waals surface area contributed by atoms with Crippen molar-refractivity contribution in [2.75, 3.05) is 6.54 Å². The Morgan fingerprint density at radius 1 is 1.07 bits per heavy atom. The highest BCUT2D eigenvalue weighted by molar-refractivity contribution is 5.52. The third kappa shape index (κ3) is 3.26. The molecule has 0 atom stereocenters. The minimum Gasteiger partial charge on any atom is -0.306 e. The van der Waals surface area contributed by atoms with Crippen molar-refractivity contribution in [1.82, 2.24) is 24.8 Å². The van der Waals surface area contributed by atoms with E-state index < -0.39 is 28.8 Å². The van der Waals surface area contributed by atoms with Gasteiger partial charge in [0.05, 0.1) is 11.3 Å². The Hall–Kier alpha value is -3.14. The van der Waals surface area contributed by atoms with Crippen LogP contribution in [0.4, 0.5) is 17.6 Å². The molecule has 2 aromatic heterocycles. The maximum Gasteiger partial charge on any atom is 0.254 e. The molecule has 0 bridgehead atoms. The number of H-pyrrole nitrogens is 1. The summed E-state index contributed by atoms with van der Waals surface area (Å²) in [5.74, 6) is -5.49. The first-order chi connectivity index (χ1) is 13.4. The van der Waals surface area contributed by atoms with Crippen LogP contribution in [0.5, 0.6) is 0 Å². The van der Waals surface area contributed by atoms with Gasteiger partial charge in [-0.2, -0.15) is 0 Å². The van der Waals surface area contributed by atoms with Crippen molar-refractivity contribution in [3.63, 3.8) is 0 Å². The fraction of sp³-hybridized carbons (Fsp3) is 0.222. The van der Waals surface area contributed by atoms with E-state index in [0.717, 1.165) is 0 Å². The Morgan fingerprint density at radius 3 is 2.43 bits per heavy atom. The summed E-state index contributed by atoms with van der Waals surface area (Å²) in [5, 5.41) is 0. The highest BCUT2D eigenvalue weighted by atomic mass is 19.2. The van der Waals surface area contributed by atoms with E-state index in [1.165, 1.54) is 18.7 Å². The van der Waals surface area contributed by atoms with Crippen molar-refractivity contribution in [3.05, 3.63) is 75.2 Å². The average Bonchev–Trinajstić information content (AvgIpc) is 2.70. The summed E-state index contributed by atoms with van der Waals surface area (Å²) in [4.78, 5) is 28.7. The molecule has 0 aliphatic carbocycles. The minimum absolute atomic E-state index is 0.0942. The van der Waals surface area contributed by atoms with E-state index in [-0.39, 0.29) is 43.5 Å². The van der Waals surface area contributed by atoms with E-state index in [0.29, 0.717) is 16.8 Å². The number of nitrogens with zero attached hydrogens (tertiary/aromatic N) is 4. The highest BCUT2D eigenvalue weighted by Gasteiger charge is 2.25. The van der Waals surface area contributed by atoms with Crippen molar-refractivity contribution < 1.29 is 17.6 Å². The number of rotatable bonds is 3. The molecule has 28 heavy (non-hydrogen) atoms. The van der Waals surface area contributed by atoms with Gasteiger partial charge in [0, 0.05) is 49.2 Å². The predicted octanol–water partition coefficient (Wildman–Crippen LogP) is 2.34. The second-order valence-electron chi connectivity index (χ2n) is 6.37. The molecule has 3 heterocycles. The second kappa shape index (κ2) is 7.12. The smallest absolute Gasteiger partial charge is 0.254 e. The van der Waals surface area contributed by atoms with Crippen LogP contribution in [0.2, 0.25) is 0 Å². The molecule has 0 saturated carbocycles. The van der Waals surface area contributed by atoms with Crippen LogP contribution in [-0.2, 0) is 19.5 Å². The first-order valence-corrected chi connectivity index (χ1v) is 8.35. The molecule has 1 N–H and O–H groups in total. The molecular weight excluding hydrogens is 378 g/mol. The van der Waals surface area contributed by atoms with E-state index in [9.17, 15) is 22.4 Å². The standard InChI is InChI=1S/C18H13F4N5O/c19-12-3-13(20)16(22)11(15(12)21)6-27-2-1-10-14(7-27)25-17(26-18(10)28)9-4-23-8-24-5-9/h3-5,8H,1-2,6-7H2,(H,25,26,28). The fourth-order valence-corrected chi connectivity index (χ4v) is 3.17. The van der Waals surface area contributed by atoms with Gasteiger partial charge in [0.1, 0.15) is 12.2 Å². The molecule has 6 nitrogen and oxygen atoms in total. The molecule has 144 valence electrons. The Labute approximate surface area is 155 Å². The monoisotopic (exact) mass is 391 g/mol. The Balaban J connectivity index is 1.65. The molecule has 0 spiro atoms. The van der Waals surface area contributed by atoms with Crippen LogP contribution < -0.4 is 5.56 Å². The Bertz CT molecular complexity index is 1080. The number of nitrogens with one attached hydrogen (secondary N) is 1. The molecule has 3 aromatic rings. The molecule has 0 amide bonds. The van der Waals surface area contributed by atoms with Crippen LogP contribution in [0.3, 0.4) is 0 Å². The molecule has 4 rings (SSSR count). The lowest BCUT2D eigenvalue weighted by molar-refractivity contribution is 0.231. The molecule has 0 fully saturated rings. The zero-order valence-electron chi connectivity index (χ0n) is 14.3. The summed E-state index contributed by atoms with van der Waals surface area (Å²) in [7, 11) is 0. The molecule has 0 radical (unpaired) electrons. The van der Waals surface area contributed by atoms with Crippen molar-refractivity contribution in [1.29, 1.82) is 0 Å². The summed E-state index contributed by atoms with van der Waals surface area (Å²) < 4.78 is 54.8. The normalized spacial score (nSPS) is 14.1. The van der Waals surface area contributed by atoms with Gasteiger partial charge in [-0.3, -0.25) is 9.69 Å². The molecule has 0 unspecified atom stereocenters. The molecule has 1 aliphatic rings. The Morgan fingerprint density at radius 2 is 1.75 bits per heavy atom. The summed E-state index contributed by atoms with van der Waals surface area (Å²) in [6.45, 7) is 0.0174. The van der Waals surface area contributed by atoms with Gasteiger partial charge in [0.2, 0.25) is 0 Å². The third-order valence-electron chi connectivity index (χ3n) is 4.57. The Kier molecular flexibility index (Phi) is 4.63. The van der Waals surface area contributed by atoms with Crippen LogP contribution in [0.1, 0.15) is 16.8 Å². The van der Waals surface area contributed by atoms with E-state index >= 15 is 0 Å². The minimum atomic E-state index is -1.45. The van der Waals surface area contributed by atoms with Gasteiger partial charge in [-0.05, 0) is 6.42 Å². The molecular formula is C18H13F4N5O. The quantitative estimate of drug-likeness (QED) is 0.548. The number of fused-ring (bicyclic) bond motifs is 1. The summed E-state index contributed by atoms with van der Waals surface area (Å²) >= 11 is 0. The van der Waals surface area contributed by atoms with Crippen molar-refractivity contribution >= 4 is 0 Å². The van der Waals surface area contributed by atoms with Crippen LogP contribution in [0, 0.1) is 23.3 Å². The van der Waals surface area contributed by atoms with Gasteiger partial charge in [-0.1, -0.05) is 0 Å². The molecule has 1 aliphatic heterocycles. The predicted molar refractivity (Wildman–Crippen MR) is 90.0 cm³/mol.